The lowest BCUT2D eigenvalue weighted by molar-refractivity contribution is 0.0662. The largest absolute Gasteiger partial charge is 0.490 e. The van der Waals surface area contributed by atoms with Crippen molar-refractivity contribution in [2.24, 2.45) is 5.92 Å². The van der Waals surface area contributed by atoms with Crippen LogP contribution in [0.25, 0.3) is 15.9 Å². The van der Waals surface area contributed by atoms with Crippen LogP contribution in [0.1, 0.15) is 49.2 Å². The fraction of sp³-hybridized carbons (Fsp3) is 0.462. The number of benzene rings is 1. The fourth-order valence-corrected chi connectivity index (χ4v) is 6.07. The Balaban J connectivity index is 1.25. The first kappa shape index (κ1) is 20.0. The molecule has 3 atom stereocenters. The van der Waals surface area contributed by atoms with Gasteiger partial charge in [0.25, 0.3) is 5.56 Å². The van der Waals surface area contributed by atoms with Crippen LogP contribution in [0.2, 0.25) is 0 Å². The van der Waals surface area contributed by atoms with Crippen LogP contribution in [0.5, 0.6) is 5.75 Å². The summed E-state index contributed by atoms with van der Waals surface area (Å²) < 4.78 is 8.67. The van der Waals surface area contributed by atoms with Crippen molar-refractivity contribution in [1.82, 2.24) is 14.5 Å². The lowest BCUT2D eigenvalue weighted by Gasteiger charge is -2.36. The molecule has 1 saturated carbocycles. The molecule has 0 spiro atoms. The lowest BCUT2D eigenvalue weighted by Crippen LogP contribution is -2.43. The molecular weight excluding hydrogens is 418 g/mol. The van der Waals surface area contributed by atoms with E-state index in [9.17, 15) is 4.79 Å². The molecule has 6 rings (SSSR count). The minimum absolute atomic E-state index is 0.0301. The van der Waals surface area contributed by atoms with E-state index >= 15 is 0 Å². The highest BCUT2D eigenvalue weighted by Gasteiger charge is 2.39. The van der Waals surface area contributed by atoms with Gasteiger partial charge in [0.15, 0.2) is 0 Å². The number of nitrogens with zero attached hydrogens (tertiary/aromatic N) is 3. The molecular formula is C26H27N3O2S. The Morgan fingerprint density at radius 1 is 1.09 bits per heavy atom. The van der Waals surface area contributed by atoms with Gasteiger partial charge in [0.2, 0.25) is 0 Å². The molecule has 164 valence electrons. The van der Waals surface area contributed by atoms with Gasteiger partial charge >= 0.3 is 0 Å². The minimum Gasteiger partial charge on any atom is -0.490 e. The van der Waals surface area contributed by atoms with E-state index in [4.69, 9.17) is 9.72 Å². The summed E-state index contributed by atoms with van der Waals surface area (Å²) in [4.78, 5) is 21.4. The molecule has 3 fully saturated rings. The van der Waals surface area contributed by atoms with Crippen LogP contribution in [0, 0.1) is 24.7 Å². The van der Waals surface area contributed by atoms with Gasteiger partial charge in [-0.1, -0.05) is 11.8 Å². The molecule has 4 heterocycles. The fourth-order valence-electron chi connectivity index (χ4n) is 5.18. The molecule has 6 heteroatoms. The van der Waals surface area contributed by atoms with Crippen LogP contribution in [-0.4, -0.2) is 39.7 Å². The topological polar surface area (TPSA) is 47.4 Å². The third kappa shape index (κ3) is 3.64. The number of aromatic nitrogens is 2. The second kappa shape index (κ2) is 7.75. The van der Waals surface area contributed by atoms with Crippen molar-refractivity contribution in [2.75, 3.05) is 7.05 Å². The zero-order valence-corrected chi connectivity index (χ0v) is 19.3. The molecule has 3 aromatic rings. The van der Waals surface area contributed by atoms with Gasteiger partial charge in [-0.3, -0.25) is 9.36 Å². The Labute approximate surface area is 192 Å². The first-order valence-corrected chi connectivity index (χ1v) is 12.4. The summed E-state index contributed by atoms with van der Waals surface area (Å²) in [5.41, 5.74) is 1.53. The number of aryl methyl sites for hydroxylation is 1. The monoisotopic (exact) mass is 445 g/mol. The molecule has 2 aliphatic heterocycles. The maximum atomic E-state index is 13.3. The van der Waals surface area contributed by atoms with Gasteiger partial charge in [0.05, 0.1) is 16.1 Å². The summed E-state index contributed by atoms with van der Waals surface area (Å²) in [6, 6.07) is 11.1. The summed E-state index contributed by atoms with van der Waals surface area (Å²) in [5, 5.41) is 0. The molecule has 1 aromatic carbocycles. The van der Waals surface area contributed by atoms with Gasteiger partial charge < -0.3 is 9.64 Å². The third-order valence-corrected chi connectivity index (χ3v) is 8.17. The second-order valence-corrected chi connectivity index (χ2v) is 10.5. The second-order valence-electron chi connectivity index (χ2n) is 9.42. The highest BCUT2D eigenvalue weighted by Crippen LogP contribution is 2.36. The Morgan fingerprint density at radius 3 is 2.50 bits per heavy atom. The van der Waals surface area contributed by atoms with Crippen LogP contribution >= 0.6 is 11.3 Å². The van der Waals surface area contributed by atoms with Crippen LogP contribution < -0.4 is 10.3 Å². The maximum absolute atomic E-state index is 13.3. The summed E-state index contributed by atoms with van der Waals surface area (Å²) in [5.74, 6) is 8.59. The lowest BCUT2D eigenvalue weighted by atomic mass is 10.0. The molecule has 3 aliphatic rings. The van der Waals surface area contributed by atoms with Crippen LogP contribution in [0.3, 0.4) is 0 Å². The summed E-state index contributed by atoms with van der Waals surface area (Å²) in [6.45, 7) is 1.88. The molecule has 0 radical (unpaired) electrons. The third-order valence-electron chi connectivity index (χ3n) is 7.15. The van der Waals surface area contributed by atoms with Crippen molar-refractivity contribution in [3.63, 3.8) is 0 Å². The van der Waals surface area contributed by atoms with Crippen molar-refractivity contribution in [3.8, 4) is 23.3 Å². The number of fused-ring (bicyclic) bond motifs is 3. The smallest absolute Gasteiger partial charge is 0.276 e. The predicted molar refractivity (Wildman–Crippen MR) is 128 cm³/mol. The average Bonchev–Trinajstić information content (AvgIpc) is 3.48. The molecule has 1 aliphatic carbocycles. The van der Waals surface area contributed by atoms with E-state index in [1.165, 1.54) is 37.0 Å². The number of ether oxygens (including phenoxy) is 1. The molecule has 0 amide bonds. The molecule has 2 aromatic heterocycles. The molecule has 5 nitrogen and oxygen atoms in total. The Kier molecular flexibility index (Phi) is 4.85. The summed E-state index contributed by atoms with van der Waals surface area (Å²) in [6.07, 6.45) is 7.43. The van der Waals surface area contributed by atoms with Gasteiger partial charge in [0.1, 0.15) is 22.4 Å². The number of piperidine rings is 1. The van der Waals surface area contributed by atoms with Crippen molar-refractivity contribution in [1.29, 1.82) is 0 Å². The number of hydrogen-bond donors (Lipinski definition) is 0. The number of thiophene rings is 1. The highest BCUT2D eigenvalue weighted by molar-refractivity contribution is 7.19. The highest BCUT2D eigenvalue weighted by atomic mass is 32.1. The van der Waals surface area contributed by atoms with E-state index in [2.05, 4.69) is 23.8 Å². The SMILES string of the molecule is Cc1nc2cc(C#CC3CC3)sc2c(=O)n1-c1ccc(O[C@H]2C[C@H]3CC[C@@H](C2)N3C)cc1. The van der Waals surface area contributed by atoms with Gasteiger partial charge in [-0.05, 0) is 82.8 Å². The summed E-state index contributed by atoms with van der Waals surface area (Å²) >= 11 is 1.45. The van der Waals surface area contributed by atoms with Crippen molar-refractivity contribution >= 4 is 21.6 Å². The molecule has 2 saturated heterocycles. The Morgan fingerprint density at radius 2 is 1.81 bits per heavy atom. The average molecular weight is 446 g/mol. The summed E-state index contributed by atoms with van der Waals surface area (Å²) in [7, 11) is 2.24. The van der Waals surface area contributed by atoms with Crippen LogP contribution in [-0.2, 0) is 0 Å². The number of rotatable bonds is 3. The van der Waals surface area contributed by atoms with Crippen LogP contribution in [0.15, 0.2) is 35.1 Å². The van der Waals surface area contributed by atoms with Gasteiger partial charge in [-0.25, -0.2) is 4.98 Å². The normalized spacial score (nSPS) is 25.0. The number of hydrogen-bond acceptors (Lipinski definition) is 5. The van der Waals surface area contributed by atoms with Crippen molar-refractivity contribution < 1.29 is 4.74 Å². The van der Waals surface area contributed by atoms with Crippen LogP contribution in [0.4, 0.5) is 0 Å². The molecule has 0 unspecified atom stereocenters. The quantitative estimate of drug-likeness (QED) is 0.556. The standard InChI is InChI=1S/C26H27N3O2S/c1-16-27-24-15-23(12-5-17-3-4-17)32-25(24)26(30)29(16)18-8-10-21(11-9-18)31-22-13-19-6-7-20(14-22)28(19)2/h8-11,15,17,19-20,22H,3-4,6-7,13-14H2,1-2H3/t19-,20+,22+. The van der Waals surface area contributed by atoms with E-state index < -0.39 is 0 Å². The van der Waals surface area contributed by atoms with Crippen molar-refractivity contribution in [3.05, 3.63) is 51.4 Å². The van der Waals surface area contributed by atoms with Crippen molar-refractivity contribution in [2.45, 2.75) is 63.6 Å². The van der Waals surface area contributed by atoms with Gasteiger partial charge in [0, 0.05) is 18.0 Å². The maximum Gasteiger partial charge on any atom is 0.276 e. The van der Waals surface area contributed by atoms with Gasteiger partial charge in [-0.2, -0.15) is 0 Å². The Hall–Kier alpha value is -2.62. The van der Waals surface area contributed by atoms with E-state index in [1.54, 1.807) is 4.57 Å². The van der Waals surface area contributed by atoms with E-state index in [-0.39, 0.29) is 11.7 Å². The molecule has 32 heavy (non-hydrogen) atoms. The zero-order valence-electron chi connectivity index (χ0n) is 18.5. The first-order valence-electron chi connectivity index (χ1n) is 11.6. The first-order chi connectivity index (χ1) is 15.5. The van der Waals surface area contributed by atoms with Gasteiger partial charge in [-0.15, -0.1) is 11.3 Å². The van der Waals surface area contributed by atoms with E-state index in [0.29, 0.717) is 28.5 Å². The predicted octanol–water partition coefficient (Wildman–Crippen LogP) is 4.52. The molecule has 2 bridgehead atoms. The van der Waals surface area contributed by atoms with E-state index in [1.807, 2.05) is 37.3 Å². The Bertz CT molecular complexity index is 1280. The molecule has 0 N–H and O–H groups in total. The van der Waals surface area contributed by atoms with E-state index in [0.717, 1.165) is 34.7 Å². The minimum atomic E-state index is -0.0301. The zero-order chi connectivity index (χ0) is 21.8.